The quantitative estimate of drug-likeness (QED) is 0.657. The molecule has 0 unspecified atom stereocenters. The Morgan fingerprint density at radius 3 is 2.59 bits per heavy atom. The predicted molar refractivity (Wildman–Crippen MR) is 84.7 cm³/mol. The van der Waals surface area contributed by atoms with Crippen LogP contribution in [0.3, 0.4) is 0 Å². The number of nitrogens with zero attached hydrogens (tertiary/aromatic N) is 1. The van der Waals surface area contributed by atoms with E-state index in [0.717, 1.165) is 5.56 Å². The lowest BCUT2D eigenvalue weighted by Gasteiger charge is -2.14. The molecule has 124 valence electrons. The Kier molecular flexibility index (Phi) is 7.88. The standard InChI is InChI=1S/C17H26FNO3/c1-13(2)15-8-7-14(18)12-16(15)22-11-10-21-9-5-6-17(20)19(3)4/h7-8,12-13H,5-6,9-11H2,1-4H3. The lowest BCUT2D eigenvalue weighted by Crippen LogP contribution is -2.21. The van der Waals surface area contributed by atoms with Gasteiger partial charge in [-0.05, 0) is 24.0 Å². The summed E-state index contributed by atoms with van der Waals surface area (Å²) in [5.74, 6) is 0.638. The fraction of sp³-hybridized carbons (Fsp3) is 0.588. The van der Waals surface area contributed by atoms with Crippen LogP contribution in [-0.4, -0.2) is 44.7 Å². The molecular weight excluding hydrogens is 285 g/mol. The van der Waals surface area contributed by atoms with Crippen LogP contribution in [0.25, 0.3) is 0 Å². The third-order valence-corrected chi connectivity index (χ3v) is 3.26. The molecule has 0 aliphatic heterocycles. The number of hydrogen-bond donors (Lipinski definition) is 0. The van der Waals surface area contributed by atoms with E-state index in [1.54, 1.807) is 25.1 Å². The van der Waals surface area contributed by atoms with Crippen molar-refractivity contribution in [2.75, 3.05) is 33.9 Å². The summed E-state index contributed by atoms with van der Waals surface area (Å²) >= 11 is 0. The molecule has 0 bridgehead atoms. The van der Waals surface area contributed by atoms with Gasteiger partial charge in [0.2, 0.25) is 5.91 Å². The summed E-state index contributed by atoms with van der Waals surface area (Å²) in [6.07, 6.45) is 1.17. The van der Waals surface area contributed by atoms with Crippen LogP contribution in [0, 0.1) is 5.82 Å². The van der Waals surface area contributed by atoms with E-state index in [4.69, 9.17) is 9.47 Å². The highest BCUT2D eigenvalue weighted by atomic mass is 19.1. The number of carbonyl (C=O) groups excluding carboxylic acids is 1. The highest BCUT2D eigenvalue weighted by molar-refractivity contribution is 5.75. The monoisotopic (exact) mass is 311 g/mol. The van der Waals surface area contributed by atoms with Crippen LogP contribution in [0.15, 0.2) is 18.2 Å². The highest BCUT2D eigenvalue weighted by Crippen LogP contribution is 2.27. The zero-order valence-corrected chi connectivity index (χ0v) is 13.9. The van der Waals surface area contributed by atoms with Crippen molar-refractivity contribution in [2.24, 2.45) is 0 Å². The zero-order valence-electron chi connectivity index (χ0n) is 13.9. The Labute approximate surface area is 132 Å². The molecule has 0 aromatic heterocycles. The smallest absolute Gasteiger partial charge is 0.222 e. The van der Waals surface area contributed by atoms with Crippen molar-refractivity contribution < 1.29 is 18.7 Å². The van der Waals surface area contributed by atoms with Crippen LogP contribution >= 0.6 is 0 Å². The van der Waals surface area contributed by atoms with E-state index in [0.29, 0.717) is 38.4 Å². The summed E-state index contributed by atoms with van der Waals surface area (Å²) in [6, 6.07) is 4.61. The minimum atomic E-state index is -0.303. The van der Waals surface area contributed by atoms with Gasteiger partial charge >= 0.3 is 0 Å². The summed E-state index contributed by atoms with van der Waals surface area (Å²) in [7, 11) is 3.48. The Balaban J connectivity index is 2.25. The molecular formula is C17H26FNO3. The van der Waals surface area contributed by atoms with E-state index in [2.05, 4.69) is 0 Å². The van der Waals surface area contributed by atoms with Crippen LogP contribution in [0.4, 0.5) is 4.39 Å². The van der Waals surface area contributed by atoms with Crippen LogP contribution in [-0.2, 0) is 9.53 Å². The van der Waals surface area contributed by atoms with Crippen LogP contribution in [0.1, 0.15) is 38.2 Å². The van der Waals surface area contributed by atoms with Crippen molar-refractivity contribution in [3.05, 3.63) is 29.6 Å². The molecule has 0 aliphatic carbocycles. The summed E-state index contributed by atoms with van der Waals surface area (Å²) in [5.41, 5.74) is 0.984. The Morgan fingerprint density at radius 2 is 1.95 bits per heavy atom. The average Bonchev–Trinajstić information content (AvgIpc) is 2.45. The maximum absolute atomic E-state index is 13.3. The molecule has 0 radical (unpaired) electrons. The molecule has 0 atom stereocenters. The Bertz CT molecular complexity index is 475. The van der Waals surface area contributed by atoms with E-state index in [9.17, 15) is 9.18 Å². The lowest BCUT2D eigenvalue weighted by atomic mass is 10.0. The maximum Gasteiger partial charge on any atom is 0.222 e. The van der Waals surface area contributed by atoms with Crippen molar-refractivity contribution >= 4 is 5.91 Å². The van der Waals surface area contributed by atoms with Gasteiger partial charge in [-0.3, -0.25) is 4.79 Å². The highest BCUT2D eigenvalue weighted by Gasteiger charge is 2.09. The van der Waals surface area contributed by atoms with Gasteiger partial charge in [-0.1, -0.05) is 19.9 Å². The lowest BCUT2D eigenvalue weighted by molar-refractivity contribution is -0.129. The van der Waals surface area contributed by atoms with Crippen molar-refractivity contribution in [1.29, 1.82) is 0 Å². The fourth-order valence-corrected chi connectivity index (χ4v) is 1.97. The molecule has 0 N–H and O–H groups in total. The molecule has 0 spiro atoms. The molecule has 1 rings (SSSR count). The van der Waals surface area contributed by atoms with Gasteiger partial charge in [0, 0.05) is 33.2 Å². The molecule has 4 nitrogen and oxygen atoms in total. The summed E-state index contributed by atoms with van der Waals surface area (Å²) in [4.78, 5) is 12.9. The SMILES string of the molecule is CC(C)c1ccc(F)cc1OCCOCCCC(=O)N(C)C. The summed E-state index contributed by atoms with van der Waals surface area (Å²) in [5, 5.41) is 0. The molecule has 0 heterocycles. The average molecular weight is 311 g/mol. The third-order valence-electron chi connectivity index (χ3n) is 3.26. The normalized spacial score (nSPS) is 10.8. The molecule has 5 heteroatoms. The van der Waals surface area contributed by atoms with Gasteiger partial charge in [-0.25, -0.2) is 4.39 Å². The first-order chi connectivity index (χ1) is 10.4. The van der Waals surface area contributed by atoms with Gasteiger partial charge in [-0.15, -0.1) is 0 Å². The molecule has 0 fully saturated rings. The van der Waals surface area contributed by atoms with Gasteiger partial charge in [0.05, 0.1) is 6.61 Å². The van der Waals surface area contributed by atoms with Gasteiger partial charge < -0.3 is 14.4 Å². The van der Waals surface area contributed by atoms with Crippen molar-refractivity contribution in [1.82, 2.24) is 4.90 Å². The van der Waals surface area contributed by atoms with E-state index >= 15 is 0 Å². The molecule has 22 heavy (non-hydrogen) atoms. The topological polar surface area (TPSA) is 38.8 Å². The number of carbonyl (C=O) groups is 1. The first-order valence-electron chi connectivity index (χ1n) is 7.62. The number of hydrogen-bond acceptors (Lipinski definition) is 3. The number of ether oxygens (including phenoxy) is 2. The van der Waals surface area contributed by atoms with Crippen molar-refractivity contribution in [3.63, 3.8) is 0 Å². The van der Waals surface area contributed by atoms with E-state index in [1.807, 2.05) is 13.8 Å². The molecule has 1 amide bonds. The van der Waals surface area contributed by atoms with Crippen molar-refractivity contribution in [2.45, 2.75) is 32.6 Å². The second kappa shape index (κ2) is 9.41. The van der Waals surface area contributed by atoms with E-state index in [-0.39, 0.29) is 17.6 Å². The summed E-state index contributed by atoms with van der Waals surface area (Å²) < 4.78 is 24.3. The van der Waals surface area contributed by atoms with Gasteiger partial charge in [-0.2, -0.15) is 0 Å². The molecule has 0 saturated heterocycles. The number of amides is 1. The van der Waals surface area contributed by atoms with Crippen LogP contribution in [0.2, 0.25) is 0 Å². The molecule has 1 aromatic carbocycles. The first-order valence-corrected chi connectivity index (χ1v) is 7.62. The number of rotatable bonds is 9. The third kappa shape index (κ3) is 6.43. The Hall–Kier alpha value is -1.62. The van der Waals surface area contributed by atoms with E-state index < -0.39 is 0 Å². The van der Waals surface area contributed by atoms with Crippen LogP contribution < -0.4 is 4.74 Å². The second-order valence-electron chi connectivity index (χ2n) is 5.69. The predicted octanol–water partition coefficient (Wildman–Crippen LogP) is 3.21. The minimum absolute atomic E-state index is 0.0983. The molecule has 0 aliphatic rings. The maximum atomic E-state index is 13.3. The van der Waals surface area contributed by atoms with Gasteiger partial charge in [0.25, 0.3) is 0 Å². The fourth-order valence-electron chi connectivity index (χ4n) is 1.97. The van der Waals surface area contributed by atoms with E-state index in [1.165, 1.54) is 12.1 Å². The molecule has 1 aromatic rings. The zero-order chi connectivity index (χ0) is 16.5. The van der Waals surface area contributed by atoms with Gasteiger partial charge in [0.1, 0.15) is 18.2 Å². The Morgan fingerprint density at radius 1 is 1.23 bits per heavy atom. The largest absolute Gasteiger partial charge is 0.491 e. The summed E-state index contributed by atoms with van der Waals surface area (Å²) in [6.45, 7) is 5.38. The second-order valence-corrected chi connectivity index (χ2v) is 5.69. The minimum Gasteiger partial charge on any atom is -0.491 e. The van der Waals surface area contributed by atoms with Crippen molar-refractivity contribution in [3.8, 4) is 5.75 Å². The van der Waals surface area contributed by atoms with Crippen LogP contribution in [0.5, 0.6) is 5.75 Å². The number of halogens is 1. The number of benzene rings is 1. The van der Waals surface area contributed by atoms with Gasteiger partial charge in [0.15, 0.2) is 0 Å². The first kappa shape index (κ1) is 18.4. The molecule has 0 saturated carbocycles.